The number of para-hydroxylation sites is 1. The van der Waals surface area contributed by atoms with Crippen LogP contribution >= 0.6 is 0 Å². The Hall–Kier alpha value is -3.22. The number of carboxylic acids is 1. The van der Waals surface area contributed by atoms with E-state index in [9.17, 15) is 23.9 Å². The van der Waals surface area contributed by atoms with E-state index in [4.69, 9.17) is 5.73 Å². The Morgan fingerprint density at radius 2 is 1.71 bits per heavy atom. The molecule has 124 valence electrons. The Morgan fingerprint density at radius 1 is 1.08 bits per heavy atom. The minimum Gasteiger partial charge on any atom is -0.481 e. The van der Waals surface area contributed by atoms with Crippen LogP contribution in [0.5, 0.6) is 0 Å². The molecule has 1 atom stereocenters. The van der Waals surface area contributed by atoms with Gasteiger partial charge in [0.05, 0.1) is 17.2 Å². The lowest BCUT2D eigenvalue weighted by Gasteiger charge is -2.14. The number of hydrogen-bond acceptors (Lipinski definition) is 3. The summed E-state index contributed by atoms with van der Waals surface area (Å²) in [5.41, 5.74) is 5.86. The first-order valence-electron chi connectivity index (χ1n) is 7.05. The zero-order valence-electron chi connectivity index (χ0n) is 12.5. The Labute approximate surface area is 137 Å². The van der Waals surface area contributed by atoms with Gasteiger partial charge in [-0.05, 0) is 29.8 Å². The van der Waals surface area contributed by atoms with Gasteiger partial charge in [-0.1, -0.05) is 24.3 Å². The molecule has 2 aromatic carbocycles. The van der Waals surface area contributed by atoms with Crippen molar-refractivity contribution in [2.24, 2.45) is 5.73 Å². The van der Waals surface area contributed by atoms with Crippen LogP contribution in [0, 0.1) is 5.82 Å². The number of nitrogens with two attached hydrogens (primary N) is 1. The van der Waals surface area contributed by atoms with Crippen molar-refractivity contribution in [3.05, 3.63) is 65.5 Å². The van der Waals surface area contributed by atoms with Crippen LogP contribution in [0.3, 0.4) is 0 Å². The van der Waals surface area contributed by atoms with Crippen molar-refractivity contribution in [3.8, 4) is 0 Å². The Bertz CT molecular complexity index is 774. The molecule has 2 amide bonds. The fourth-order valence-electron chi connectivity index (χ4n) is 2.24. The number of hydrogen-bond donors (Lipinski definition) is 3. The standard InChI is InChI=1S/C17H15FN2O4/c18-11-7-5-10(6-8-11)13(17(23)24)9-15(21)20-14-4-2-1-3-12(14)16(19)22/h1-8,13H,9H2,(H2,19,22)(H,20,21)(H,23,24). The lowest BCUT2D eigenvalue weighted by molar-refractivity contribution is -0.140. The van der Waals surface area contributed by atoms with E-state index >= 15 is 0 Å². The van der Waals surface area contributed by atoms with E-state index in [1.54, 1.807) is 12.1 Å². The highest BCUT2D eigenvalue weighted by Gasteiger charge is 2.24. The first-order valence-corrected chi connectivity index (χ1v) is 7.05. The van der Waals surface area contributed by atoms with Gasteiger partial charge in [0.2, 0.25) is 5.91 Å². The summed E-state index contributed by atoms with van der Waals surface area (Å²) in [6.07, 6.45) is -0.367. The number of primary amides is 1. The maximum Gasteiger partial charge on any atom is 0.311 e. The number of benzene rings is 2. The van der Waals surface area contributed by atoms with E-state index in [1.165, 1.54) is 24.3 Å². The van der Waals surface area contributed by atoms with Crippen LogP contribution in [0.2, 0.25) is 0 Å². The van der Waals surface area contributed by atoms with E-state index in [0.717, 1.165) is 12.1 Å². The summed E-state index contributed by atoms with van der Waals surface area (Å²) in [6.45, 7) is 0. The number of carboxylic acid groups (broad SMARTS) is 1. The first-order chi connectivity index (χ1) is 11.4. The second kappa shape index (κ2) is 7.36. The fraction of sp³-hybridized carbons (Fsp3) is 0.118. The van der Waals surface area contributed by atoms with Crippen molar-refractivity contribution in [2.45, 2.75) is 12.3 Å². The van der Waals surface area contributed by atoms with Crippen LogP contribution in [0.1, 0.15) is 28.3 Å². The molecule has 0 aliphatic heterocycles. The van der Waals surface area contributed by atoms with Gasteiger partial charge < -0.3 is 16.2 Å². The SMILES string of the molecule is NC(=O)c1ccccc1NC(=O)CC(C(=O)O)c1ccc(F)cc1. The summed E-state index contributed by atoms with van der Waals surface area (Å²) in [5.74, 6) is -4.14. The molecule has 0 radical (unpaired) electrons. The minimum atomic E-state index is -1.21. The summed E-state index contributed by atoms with van der Waals surface area (Å²) in [4.78, 5) is 34.9. The first kappa shape index (κ1) is 17.1. The molecule has 0 spiro atoms. The van der Waals surface area contributed by atoms with Gasteiger partial charge in [-0.25, -0.2) is 4.39 Å². The van der Waals surface area contributed by atoms with Gasteiger partial charge in [0, 0.05) is 6.42 Å². The summed E-state index contributed by atoms with van der Waals surface area (Å²) >= 11 is 0. The van der Waals surface area contributed by atoms with E-state index < -0.39 is 29.5 Å². The zero-order chi connectivity index (χ0) is 17.7. The molecular weight excluding hydrogens is 315 g/mol. The molecule has 0 fully saturated rings. The van der Waals surface area contributed by atoms with E-state index in [-0.39, 0.29) is 17.7 Å². The second-order valence-corrected chi connectivity index (χ2v) is 5.10. The van der Waals surface area contributed by atoms with Crippen molar-refractivity contribution in [1.82, 2.24) is 0 Å². The van der Waals surface area contributed by atoms with Crippen molar-refractivity contribution in [2.75, 3.05) is 5.32 Å². The quantitative estimate of drug-likeness (QED) is 0.753. The van der Waals surface area contributed by atoms with Gasteiger partial charge in [-0.15, -0.1) is 0 Å². The van der Waals surface area contributed by atoms with Crippen molar-refractivity contribution in [1.29, 1.82) is 0 Å². The van der Waals surface area contributed by atoms with E-state index in [1.807, 2.05) is 0 Å². The number of rotatable bonds is 6. The molecule has 0 heterocycles. The zero-order valence-corrected chi connectivity index (χ0v) is 12.5. The highest BCUT2D eigenvalue weighted by molar-refractivity contribution is 6.03. The summed E-state index contributed by atoms with van der Waals surface area (Å²) in [5, 5.41) is 11.8. The summed E-state index contributed by atoms with van der Waals surface area (Å²) in [7, 11) is 0. The van der Waals surface area contributed by atoms with Gasteiger partial charge in [0.25, 0.3) is 5.91 Å². The average molecular weight is 330 g/mol. The number of carbonyl (C=O) groups excluding carboxylic acids is 2. The number of amides is 2. The molecule has 2 rings (SSSR count). The number of nitrogens with one attached hydrogen (secondary N) is 1. The van der Waals surface area contributed by atoms with Crippen molar-refractivity contribution in [3.63, 3.8) is 0 Å². The third kappa shape index (κ3) is 4.16. The molecule has 0 aromatic heterocycles. The third-order valence-electron chi connectivity index (χ3n) is 3.43. The molecule has 0 saturated carbocycles. The average Bonchev–Trinajstić information content (AvgIpc) is 2.53. The van der Waals surface area contributed by atoms with Crippen LogP contribution < -0.4 is 11.1 Å². The molecule has 7 heteroatoms. The van der Waals surface area contributed by atoms with Crippen LogP contribution in [0.25, 0.3) is 0 Å². The molecule has 0 bridgehead atoms. The molecular formula is C17H15FN2O4. The van der Waals surface area contributed by atoms with Crippen molar-refractivity contribution < 1.29 is 23.9 Å². The maximum atomic E-state index is 13.0. The topological polar surface area (TPSA) is 109 Å². The molecule has 2 aromatic rings. The smallest absolute Gasteiger partial charge is 0.311 e. The molecule has 0 aliphatic rings. The molecule has 1 unspecified atom stereocenters. The van der Waals surface area contributed by atoms with Crippen LogP contribution in [0.4, 0.5) is 10.1 Å². The normalized spacial score (nSPS) is 11.5. The Kier molecular flexibility index (Phi) is 5.26. The number of anilines is 1. The van der Waals surface area contributed by atoms with Crippen LogP contribution in [-0.2, 0) is 9.59 Å². The third-order valence-corrected chi connectivity index (χ3v) is 3.43. The number of halogens is 1. The van der Waals surface area contributed by atoms with Gasteiger partial charge in [0.15, 0.2) is 0 Å². The van der Waals surface area contributed by atoms with Gasteiger partial charge in [0.1, 0.15) is 5.82 Å². The van der Waals surface area contributed by atoms with Gasteiger partial charge >= 0.3 is 5.97 Å². The van der Waals surface area contributed by atoms with Crippen LogP contribution in [-0.4, -0.2) is 22.9 Å². The summed E-state index contributed by atoms with van der Waals surface area (Å²) in [6, 6.07) is 11.0. The lowest BCUT2D eigenvalue weighted by atomic mass is 9.95. The predicted molar refractivity (Wildman–Crippen MR) is 85.0 cm³/mol. The highest BCUT2D eigenvalue weighted by Crippen LogP contribution is 2.22. The summed E-state index contributed by atoms with van der Waals surface area (Å²) < 4.78 is 13.0. The van der Waals surface area contributed by atoms with Gasteiger partial charge in [-0.3, -0.25) is 14.4 Å². The monoisotopic (exact) mass is 330 g/mol. The van der Waals surface area contributed by atoms with Gasteiger partial charge in [-0.2, -0.15) is 0 Å². The molecule has 0 aliphatic carbocycles. The highest BCUT2D eigenvalue weighted by atomic mass is 19.1. The van der Waals surface area contributed by atoms with Crippen molar-refractivity contribution >= 4 is 23.5 Å². The van der Waals surface area contributed by atoms with Crippen LogP contribution in [0.15, 0.2) is 48.5 Å². The largest absolute Gasteiger partial charge is 0.481 e. The van der Waals surface area contributed by atoms with E-state index in [2.05, 4.69) is 5.32 Å². The maximum absolute atomic E-state index is 13.0. The fourth-order valence-corrected chi connectivity index (χ4v) is 2.24. The number of aliphatic carboxylic acids is 1. The second-order valence-electron chi connectivity index (χ2n) is 5.10. The minimum absolute atomic E-state index is 0.125. The predicted octanol–water partition coefficient (Wildman–Crippen LogP) is 2.12. The molecule has 24 heavy (non-hydrogen) atoms. The molecule has 6 nitrogen and oxygen atoms in total. The molecule has 4 N–H and O–H groups in total. The Balaban J connectivity index is 2.16. The Morgan fingerprint density at radius 3 is 2.29 bits per heavy atom. The lowest BCUT2D eigenvalue weighted by Crippen LogP contribution is -2.22. The van der Waals surface area contributed by atoms with E-state index in [0.29, 0.717) is 5.56 Å². The molecule has 0 saturated heterocycles. The number of carbonyl (C=O) groups is 3.